The Bertz CT molecular complexity index is 895. The van der Waals surface area contributed by atoms with Gasteiger partial charge in [0.2, 0.25) is 0 Å². The summed E-state index contributed by atoms with van der Waals surface area (Å²) in [6.45, 7) is 8.02. The van der Waals surface area contributed by atoms with E-state index in [4.69, 9.17) is 5.73 Å². The van der Waals surface area contributed by atoms with Gasteiger partial charge in [0.1, 0.15) is 5.54 Å². The first-order chi connectivity index (χ1) is 13.2. The van der Waals surface area contributed by atoms with Crippen molar-refractivity contribution < 1.29 is 9.59 Å². The maximum absolute atomic E-state index is 13.0. The molecule has 2 N–H and O–H groups in total. The summed E-state index contributed by atoms with van der Waals surface area (Å²) in [6, 6.07) is 8.10. The van der Waals surface area contributed by atoms with Crippen molar-refractivity contribution in [3.8, 4) is 0 Å². The van der Waals surface area contributed by atoms with Gasteiger partial charge in [0.25, 0.3) is 5.91 Å². The van der Waals surface area contributed by atoms with Gasteiger partial charge in [0.15, 0.2) is 11.7 Å². The van der Waals surface area contributed by atoms with Crippen LogP contribution < -0.4 is 5.73 Å². The molecule has 0 aromatic heterocycles. The number of amides is 1. The number of rotatable bonds is 6. The number of aliphatic imine (C=N–C) groups is 1. The van der Waals surface area contributed by atoms with Crippen molar-refractivity contribution in [3.05, 3.63) is 53.1 Å². The summed E-state index contributed by atoms with van der Waals surface area (Å²) in [5.74, 6) is 0.694. The number of Topliss-reactive ketones (excluding diaryl/α,β-unsaturated/α-hetero) is 1. The number of benzene rings is 1. The third kappa shape index (κ3) is 4.08. The quantitative estimate of drug-likeness (QED) is 0.816. The Morgan fingerprint density at radius 1 is 1.36 bits per heavy atom. The highest BCUT2D eigenvalue weighted by Crippen LogP contribution is 2.31. The molecule has 1 aromatic carbocycles. The lowest BCUT2D eigenvalue weighted by Gasteiger charge is -2.24. The number of carbonyl (C=O) groups excluding carboxylic acids is 2. The third-order valence-corrected chi connectivity index (χ3v) is 5.30. The van der Waals surface area contributed by atoms with E-state index in [9.17, 15) is 9.59 Å². The van der Waals surface area contributed by atoms with Crippen molar-refractivity contribution in [3.63, 3.8) is 0 Å². The van der Waals surface area contributed by atoms with E-state index in [2.05, 4.69) is 24.9 Å². The van der Waals surface area contributed by atoms with E-state index in [1.165, 1.54) is 0 Å². The first-order valence-corrected chi connectivity index (χ1v) is 9.88. The van der Waals surface area contributed by atoms with Gasteiger partial charge >= 0.3 is 0 Å². The summed E-state index contributed by atoms with van der Waals surface area (Å²) in [6.07, 6.45) is 6.41. The summed E-state index contributed by atoms with van der Waals surface area (Å²) < 4.78 is 0. The number of ketones is 1. The number of hydrogen-bond acceptors (Lipinski definition) is 4. The van der Waals surface area contributed by atoms with Crippen molar-refractivity contribution >= 4 is 23.2 Å². The van der Waals surface area contributed by atoms with Crippen LogP contribution in [0.3, 0.4) is 0 Å². The molecule has 0 saturated heterocycles. The van der Waals surface area contributed by atoms with Gasteiger partial charge in [-0.1, -0.05) is 38.1 Å². The molecule has 2 aliphatic rings. The molecule has 5 nitrogen and oxygen atoms in total. The van der Waals surface area contributed by atoms with E-state index in [1.54, 1.807) is 11.8 Å². The molecule has 0 radical (unpaired) electrons. The van der Waals surface area contributed by atoms with Gasteiger partial charge in [0, 0.05) is 5.57 Å². The average Bonchev–Trinajstić information content (AvgIpc) is 2.84. The summed E-state index contributed by atoms with van der Waals surface area (Å²) >= 11 is 0. The zero-order chi connectivity index (χ0) is 20.5. The van der Waals surface area contributed by atoms with E-state index < -0.39 is 5.54 Å². The summed E-state index contributed by atoms with van der Waals surface area (Å²) in [4.78, 5) is 30.7. The van der Waals surface area contributed by atoms with Crippen LogP contribution in [0.15, 0.2) is 47.0 Å². The Labute approximate surface area is 167 Å². The topological polar surface area (TPSA) is 75.8 Å². The first-order valence-electron chi connectivity index (χ1n) is 9.88. The van der Waals surface area contributed by atoms with Crippen LogP contribution in [0.5, 0.6) is 0 Å². The molecule has 1 aliphatic heterocycles. The van der Waals surface area contributed by atoms with Crippen LogP contribution in [-0.2, 0) is 16.1 Å². The second-order valence-electron chi connectivity index (χ2n) is 8.36. The van der Waals surface area contributed by atoms with Crippen LogP contribution in [0, 0.1) is 5.92 Å². The van der Waals surface area contributed by atoms with E-state index in [-0.39, 0.29) is 17.6 Å². The number of allylic oxidation sites excluding steroid dienone is 4. The molecule has 1 aliphatic carbocycles. The van der Waals surface area contributed by atoms with Crippen LogP contribution in [0.25, 0.3) is 5.57 Å². The highest BCUT2D eigenvalue weighted by Gasteiger charge is 2.44. The molecule has 1 aromatic rings. The molecule has 5 heteroatoms. The number of nitrogens with zero attached hydrogens (tertiary/aromatic N) is 2. The zero-order valence-corrected chi connectivity index (χ0v) is 17.2. The SMILES string of the molecule is CC(=O)C1=CCCC(c2cccc(CN3C(=O)C(C)(CC(C)C)N=C3N)c2)=C1. The Morgan fingerprint density at radius 2 is 2.11 bits per heavy atom. The molecule has 1 unspecified atom stereocenters. The van der Waals surface area contributed by atoms with Crippen molar-refractivity contribution in [1.29, 1.82) is 0 Å². The van der Waals surface area contributed by atoms with Crippen LogP contribution >= 0.6 is 0 Å². The van der Waals surface area contributed by atoms with Gasteiger partial charge in [-0.25, -0.2) is 4.99 Å². The summed E-state index contributed by atoms with van der Waals surface area (Å²) in [5, 5.41) is 0. The minimum absolute atomic E-state index is 0.0391. The molecule has 0 saturated carbocycles. The monoisotopic (exact) mass is 379 g/mol. The van der Waals surface area contributed by atoms with Crippen LogP contribution in [0.4, 0.5) is 0 Å². The zero-order valence-electron chi connectivity index (χ0n) is 17.2. The fraction of sp³-hybridized carbons (Fsp3) is 0.435. The lowest BCUT2D eigenvalue weighted by atomic mass is 9.90. The minimum atomic E-state index is -0.775. The van der Waals surface area contributed by atoms with Crippen molar-refractivity contribution in [1.82, 2.24) is 4.90 Å². The van der Waals surface area contributed by atoms with E-state index in [1.807, 2.05) is 37.3 Å². The average molecular weight is 380 g/mol. The second kappa shape index (κ2) is 7.74. The fourth-order valence-electron chi connectivity index (χ4n) is 4.06. The fourth-order valence-corrected chi connectivity index (χ4v) is 4.06. The second-order valence-corrected chi connectivity index (χ2v) is 8.36. The van der Waals surface area contributed by atoms with Gasteiger partial charge in [-0.2, -0.15) is 0 Å². The molecule has 1 amide bonds. The van der Waals surface area contributed by atoms with Gasteiger partial charge in [0.05, 0.1) is 6.54 Å². The largest absolute Gasteiger partial charge is 0.369 e. The van der Waals surface area contributed by atoms with E-state index in [0.29, 0.717) is 18.9 Å². The molecule has 0 spiro atoms. The molecular formula is C23H29N3O2. The van der Waals surface area contributed by atoms with Crippen LogP contribution in [0.2, 0.25) is 0 Å². The van der Waals surface area contributed by atoms with E-state index >= 15 is 0 Å². The first kappa shape index (κ1) is 20.1. The lowest BCUT2D eigenvalue weighted by Crippen LogP contribution is -2.43. The van der Waals surface area contributed by atoms with Crippen molar-refractivity contribution in [2.45, 2.75) is 59.0 Å². The minimum Gasteiger partial charge on any atom is -0.369 e. The van der Waals surface area contributed by atoms with Crippen LogP contribution in [0.1, 0.15) is 58.1 Å². The van der Waals surface area contributed by atoms with Gasteiger partial charge in [-0.05, 0) is 67.9 Å². The molecule has 1 heterocycles. The number of guanidine groups is 1. The predicted molar refractivity (Wildman–Crippen MR) is 112 cm³/mol. The standard InChI is InChI=1S/C23H29N3O2/c1-15(2)13-23(4)21(28)26(22(24)25-23)14-17-7-5-9-19(11-17)20-10-6-8-18(12-20)16(3)27/h5,7-9,11-12,15H,6,10,13-14H2,1-4H3,(H2,24,25). The normalized spacial score (nSPS) is 22.2. The summed E-state index contributed by atoms with van der Waals surface area (Å²) in [7, 11) is 0. The third-order valence-electron chi connectivity index (χ3n) is 5.30. The maximum Gasteiger partial charge on any atom is 0.257 e. The molecule has 148 valence electrons. The van der Waals surface area contributed by atoms with Crippen molar-refractivity contribution in [2.75, 3.05) is 0 Å². The Kier molecular flexibility index (Phi) is 5.54. The molecule has 28 heavy (non-hydrogen) atoms. The predicted octanol–water partition coefficient (Wildman–Crippen LogP) is 3.84. The van der Waals surface area contributed by atoms with Crippen LogP contribution in [-0.4, -0.2) is 28.1 Å². The number of nitrogens with two attached hydrogens (primary N) is 1. The highest BCUT2D eigenvalue weighted by atomic mass is 16.2. The Balaban J connectivity index is 1.81. The highest BCUT2D eigenvalue weighted by molar-refractivity contribution is 6.06. The van der Waals surface area contributed by atoms with Gasteiger partial charge in [-0.3, -0.25) is 14.5 Å². The van der Waals surface area contributed by atoms with Gasteiger partial charge < -0.3 is 5.73 Å². The molecular weight excluding hydrogens is 350 g/mol. The number of carbonyl (C=O) groups is 2. The Morgan fingerprint density at radius 3 is 2.79 bits per heavy atom. The van der Waals surface area contributed by atoms with Gasteiger partial charge in [-0.15, -0.1) is 0 Å². The molecule has 1 atom stereocenters. The number of hydrogen-bond donors (Lipinski definition) is 1. The molecule has 0 fully saturated rings. The smallest absolute Gasteiger partial charge is 0.257 e. The summed E-state index contributed by atoms with van der Waals surface area (Å²) in [5.41, 5.74) is 9.32. The Hall–Kier alpha value is -2.69. The molecule has 0 bridgehead atoms. The van der Waals surface area contributed by atoms with Crippen molar-refractivity contribution in [2.24, 2.45) is 16.6 Å². The van der Waals surface area contributed by atoms with E-state index in [0.717, 1.165) is 35.1 Å². The lowest BCUT2D eigenvalue weighted by molar-refractivity contribution is -0.131. The maximum atomic E-state index is 13.0. The molecule has 3 rings (SSSR count).